The minimum absolute atomic E-state index is 0.0829. The van der Waals surface area contributed by atoms with Crippen molar-refractivity contribution in [2.75, 3.05) is 13.2 Å². The lowest BCUT2D eigenvalue weighted by atomic mass is 9.85. The Balaban J connectivity index is 2.56. The SMILES string of the molecule is CC1(NC(=O)[C@H](N)C(C)(C)C)CCCOC1. The molecule has 1 saturated heterocycles. The van der Waals surface area contributed by atoms with E-state index < -0.39 is 6.04 Å². The molecule has 1 rings (SSSR count). The molecule has 1 fully saturated rings. The van der Waals surface area contributed by atoms with E-state index in [1.54, 1.807) is 0 Å². The molecular formula is C12H24N2O2. The second kappa shape index (κ2) is 4.72. The normalized spacial score (nSPS) is 28.6. The summed E-state index contributed by atoms with van der Waals surface area (Å²) in [6.07, 6.45) is 1.94. The van der Waals surface area contributed by atoms with Gasteiger partial charge in [0.2, 0.25) is 5.91 Å². The van der Waals surface area contributed by atoms with Crippen molar-refractivity contribution in [1.82, 2.24) is 5.32 Å². The summed E-state index contributed by atoms with van der Waals surface area (Å²) in [5, 5.41) is 3.01. The third-order valence-corrected chi connectivity index (χ3v) is 3.08. The second-order valence-electron chi connectivity index (χ2n) is 6.05. The Hall–Kier alpha value is -0.610. The van der Waals surface area contributed by atoms with Crippen LogP contribution in [0.3, 0.4) is 0 Å². The van der Waals surface area contributed by atoms with E-state index in [4.69, 9.17) is 10.5 Å². The van der Waals surface area contributed by atoms with Crippen molar-refractivity contribution in [1.29, 1.82) is 0 Å². The van der Waals surface area contributed by atoms with Crippen LogP contribution in [-0.2, 0) is 9.53 Å². The van der Waals surface area contributed by atoms with E-state index in [2.05, 4.69) is 5.32 Å². The van der Waals surface area contributed by atoms with Crippen molar-refractivity contribution in [2.45, 2.75) is 52.1 Å². The molecule has 1 aliphatic heterocycles. The second-order valence-corrected chi connectivity index (χ2v) is 6.05. The van der Waals surface area contributed by atoms with E-state index in [-0.39, 0.29) is 16.9 Å². The molecule has 0 radical (unpaired) electrons. The average molecular weight is 228 g/mol. The molecule has 0 aromatic carbocycles. The topological polar surface area (TPSA) is 64.4 Å². The Labute approximate surface area is 97.9 Å². The van der Waals surface area contributed by atoms with Crippen molar-refractivity contribution in [2.24, 2.45) is 11.1 Å². The maximum Gasteiger partial charge on any atom is 0.237 e. The standard InChI is InChI=1S/C12H24N2O2/c1-11(2,3)9(13)10(15)14-12(4)6-5-7-16-8-12/h9H,5-8,13H2,1-4H3,(H,14,15)/t9-,12?/m0/s1. The number of carbonyl (C=O) groups is 1. The van der Waals surface area contributed by atoms with Gasteiger partial charge in [-0.2, -0.15) is 0 Å². The van der Waals surface area contributed by atoms with Gasteiger partial charge in [0.15, 0.2) is 0 Å². The number of hydrogen-bond acceptors (Lipinski definition) is 3. The predicted molar refractivity (Wildman–Crippen MR) is 64.0 cm³/mol. The molecule has 4 heteroatoms. The summed E-state index contributed by atoms with van der Waals surface area (Å²) in [6.45, 7) is 9.29. The highest BCUT2D eigenvalue weighted by Crippen LogP contribution is 2.21. The molecule has 0 bridgehead atoms. The molecule has 0 aliphatic carbocycles. The Kier molecular flexibility index (Phi) is 3.97. The predicted octanol–water partition coefficient (Wildman–Crippen LogP) is 1.05. The van der Waals surface area contributed by atoms with E-state index in [9.17, 15) is 4.79 Å². The molecule has 0 saturated carbocycles. The fourth-order valence-corrected chi connectivity index (χ4v) is 1.80. The van der Waals surface area contributed by atoms with Crippen LogP contribution in [0.1, 0.15) is 40.5 Å². The van der Waals surface area contributed by atoms with Gasteiger partial charge in [0.05, 0.1) is 18.2 Å². The van der Waals surface area contributed by atoms with Gasteiger partial charge in [0.1, 0.15) is 0 Å². The van der Waals surface area contributed by atoms with E-state index in [1.807, 2.05) is 27.7 Å². The van der Waals surface area contributed by atoms with Crippen LogP contribution in [0.2, 0.25) is 0 Å². The van der Waals surface area contributed by atoms with Crippen molar-refractivity contribution >= 4 is 5.91 Å². The highest BCUT2D eigenvalue weighted by atomic mass is 16.5. The monoisotopic (exact) mass is 228 g/mol. The van der Waals surface area contributed by atoms with Gasteiger partial charge in [-0.05, 0) is 25.2 Å². The number of rotatable bonds is 2. The van der Waals surface area contributed by atoms with Crippen LogP contribution in [0, 0.1) is 5.41 Å². The zero-order valence-electron chi connectivity index (χ0n) is 10.8. The molecule has 16 heavy (non-hydrogen) atoms. The molecule has 1 aliphatic rings. The largest absolute Gasteiger partial charge is 0.379 e. The minimum Gasteiger partial charge on any atom is -0.379 e. The number of nitrogens with one attached hydrogen (secondary N) is 1. The van der Waals surface area contributed by atoms with Crippen molar-refractivity contribution in [3.63, 3.8) is 0 Å². The molecule has 1 amide bonds. The summed E-state index contributed by atoms with van der Waals surface area (Å²) in [7, 11) is 0. The zero-order valence-corrected chi connectivity index (χ0v) is 10.8. The third kappa shape index (κ3) is 3.46. The molecule has 0 spiro atoms. The van der Waals surface area contributed by atoms with Crippen LogP contribution in [0.25, 0.3) is 0 Å². The number of amides is 1. The van der Waals surface area contributed by atoms with Gasteiger partial charge in [0.25, 0.3) is 0 Å². The molecule has 0 aromatic heterocycles. The first-order chi connectivity index (χ1) is 7.25. The van der Waals surface area contributed by atoms with Gasteiger partial charge in [0, 0.05) is 6.61 Å². The maximum atomic E-state index is 12.0. The van der Waals surface area contributed by atoms with Gasteiger partial charge >= 0.3 is 0 Å². The smallest absolute Gasteiger partial charge is 0.237 e. The number of hydrogen-bond donors (Lipinski definition) is 2. The minimum atomic E-state index is -0.480. The Bertz CT molecular complexity index is 252. The van der Waals surface area contributed by atoms with Crippen molar-refractivity contribution in [3.8, 4) is 0 Å². The number of nitrogens with two attached hydrogens (primary N) is 1. The molecule has 2 atom stereocenters. The van der Waals surface area contributed by atoms with Gasteiger partial charge in [-0.1, -0.05) is 20.8 Å². The summed E-state index contributed by atoms with van der Waals surface area (Å²) in [5.74, 6) is -0.0829. The first kappa shape index (κ1) is 13.5. The van der Waals surface area contributed by atoms with Crippen LogP contribution in [-0.4, -0.2) is 30.7 Å². The van der Waals surface area contributed by atoms with Crippen LogP contribution in [0.15, 0.2) is 0 Å². The molecular weight excluding hydrogens is 204 g/mol. The highest BCUT2D eigenvalue weighted by molar-refractivity contribution is 5.83. The maximum absolute atomic E-state index is 12.0. The summed E-state index contributed by atoms with van der Waals surface area (Å²) < 4.78 is 5.40. The summed E-state index contributed by atoms with van der Waals surface area (Å²) in [6, 6.07) is -0.480. The molecule has 1 heterocycles. The number of carbonyl (C=O) groups excluding carboxylic acids is 1. The van der Waals surface area contributed by atoms with Crippen LogP contribution >= 0.6 is 0 Å². The number of ether oxygens (including phenoxy) is 1. The fourth-order valence-electron chi connectivity index (χ4n) is 1.80. The van der Waals surface area contributed by atoms with Crippen LogP contribution in [0.5, 0.6) is 0 Å². The lowest BCUT2D eigenvalue weighted by Crippen LogP contribution is -2.58. The van der Waals surface area contributed by atoms with Crippen molar-refractivity contribution in [3.05, 3.63) is 0 Å². The lowest BCUT2D eigenvalue weighted by Gasteiger charge is -2.37. The molecule has 1 unspecified atom stereocenters. The Morgan fingerprint density at radius 1 is 1.50 bits per heavy atom. The Morgan fingerprint density at radius 2 is 2.12 bits per heavy atom. The van der Waals surface area contributed by atoms with Gasteiger partial charge in [-0.15, -0.1) is 0 Å². The van der Waals surface area contributed by atoms with Gasteiger partial charge in [-0.25, -0.2) is 0 Å². The first-order valence-corrected chi connectivity index (χ1v) is 5.90. The lowest BCUT2D eigenvalue weighted by molar-refractivity contribution is -0.128. The van der Waals surface area contributed by atoms with Crippen molar-refractivity contribution < 1.29 is 9.53 Å². The van der Waals surface area contributed by atoms with E-state index in [1.165, 1.54) is 0 Å². The molecule has 94 valence electrons. The first-order valence-electron chi connectivity index (χ1n) is 5.90. The quantitative estimate of drug-likeness (QED) is 0.742. The fraction of sp³-hybridized carbons (Fsp3) is 0.917. The van der Waals surface area contributed by atoms with E-state index in [0.717, 1.165) is 19.4 Å². The Morgan fingerprint density at radius 3 is 2.56 bits per heavy atom. The summed E-state index contributed by atoms with van der Waals surface area (Å²) in [5.41, 5.74) is 5.45. The highest BCUT2D eigenvalue weighted by Gasteiger charge is 2.34. The van der Waals surface area contributed by atoms with Gasteiger partial charge in [-0.3, -0.25) is 4.79 Å². The van der Waals surface area contributed by atoms with Gasteiger partial charge < -0.3 is 15.8 Å². The van der Waals surface area contributed by atoms with E-state index in [0.29, 0.717) is 6.61 Å². The molecule has 4 nitrogen and oxygen atoms in total. The summed E-state index contributed by atoms with van der Waals surface area (Å²) >= 11 is 0. The van der Waals surface area contributed by atoms with E-state index >= 15 is 0 Å². The third-order valence-electron chi connectivity index (χ3n) is 3.08. The summed E-state index contributed by atoms with van der Waals surface area (Å²) in [4.78, 5) is 12.0. The van der Waals surface area contributed by atoms with Crippen LogP contribution in [0.4, 0.5) is 0 Å². The molecule has 3 N–H and O–H groups in total. The molecule has 0 aromatic rings. The van der Waals surface area contributed by atoms with Crippen LogP contribution < -0.4 is 11.1 Å². The average Bonchev–Trinajstić information content (AvgIpc) is 2.15. The zero-order chi connectivity index (χ0) is 12.4.